The minimum Gasteiger partial charge on any atom is -0.489 e. The maximum Gasteiger partial charge on any atom is 0.273 e. The first kappa shape index (κ1) is 20.1. The van der Waals surface area contributed by atoms with Crippen LogP contribution in [-0.4, -0.2) is 12.1 Å². The van der Waals surface area contributed by atoms with Gasteiger partial charge < -0.3 is 10.5 Å². The zero-order chi connectivity index (χ0) is 19.9. The zero-order valence-electron chi connectivity index (χ0n) is 14.7. The number of benzene rings is 3. The molecular weight excluding hydrogens is 486 g/mol. The Bertz CT molecular complexity index is 991. The lowest BCUT2D eigenvalue weighted by molar-refractivity contribution is 0.0956. The third-order valence-electron chi connectivity index (χ3n) is 3.85. The van der Waals surface area contributed by atoms with Gasteiger partial charge in [0.2, 0.25) is 0 Å². The van der Waals surface area contributed by atoms with Crippen molar-refractivity contribution in [3.63, 3.8) is 0 Å². The summed E-state index contributed by atoms with van der Waals surface area (Å²) in [5.41, 5.74) is 11.0. The Kier molecular flexibility index (Phi) is 6.84. The number of halogens is 2. The van der Waals surface area contributed by atoms with E-state index in [1.54, 1.807) is 18.3 Å². The monoisotopic (exact) mass is 501 g/mol. The molecule has 0 heterocycles. The lowest BCUT2D eigenvalue weighted by Crippen LogP contribution is -2.19. The van der Waals surface area contributed by atoms with Crippen molar-refractivity contribution >= 4 is 49.7 Å². The molecule has 28 heavy (non-hydrogen) atoms. The molecule has 0 aliphatic carbocycles. The van der Waals surface area contributed by atoms with Crippen molar-refractivity contribution in [2.24, 2.45) is 5.10 Å². The molecule has 3 N–H and O–H groups in total. The SMILES string of the molecule is Nc1c(Br)cc(Br)cc1C(=O)N/N=C\c1ccc(OCc2ccccc2)cc1. The molecular formula is C21H17Br2N3O2. The molecule has 7 heteroatoms. The topological polar surface area (TPSA) is 76.7 Å². The predicted octanol–water partition coefficient (Wildman–Crippen LogP) is 5.14. The molecule has 0 aliphatic heterocycles. The molecule has 0 bridgehead atoms. The Balaban J connectivity index is 1.57. The molecule has 0 unspecified atom stereocenters. The van der Waals surface area contributed by atoms with E-state index in [1.807, 2.05) is 54.6 Å². The van der Waals surface area contributed by atoms with Gasteiger partial charge in [-0.05, 0) is 63.5 Å². The second kappa shape index (κ2) is 9.52. The van der Waals surface area contributed by atoms with Crippen LogP contribution >= 0.6 is 31.9 Å². The summed E-state index contributed by atoms with van der Waals surface area (Å²) >= 11 is 6.66. The largest absolute Gasteiger partial charge is 0.489 e. The maximum absolute atomic E-state index is 12.3. The van der Waals surface area contributed by atoms with Gasteiger partial charge in [-0.2, -0.15) is 5.10 Å². The molecule has 3 aromatic carbocycles. The predicted molar refractivity (Wildman–Crippen MR) is 119 cm³/mol. The minimum atomic E-state index is -0.390. The molecule has 142 valence electrons. The molecule has 0 radical (unpaired) electrons. The first-order valence-corrected chi connectivity index (χ1v) is 9.96. The first-order valence-electron chi connectivity index (χ1n) is 8.37. The van der Waals surface area contributed by atoms with Crippen LogP contribution in [0.2, 0.25) is 0 Å². The molecule has 3 rings (SSSR count). The van der Waals surface area contributed by atoms with Crippen LogP contribution < -0.4 is 15.9 Å². The average molecular weight is 503 g/mol. The van der Waals surface area contributed by atoms with E-state index >= 15 is 0 Å². The molecule has 0 saturated carbocycles. The number of amides is 1. The Labute approximate surface area is 179 Å². The average Bonchev–Trinajstić information content (AvgIpc) is 2.70. The number of hydrogen-bond acceptors (Lipinski definition) is 4. The van der Waals surface area contributed by atoms with Crippen molar-refractivity contribution in [1.29, 1.82) is 0 Å². The number of anilines is 1. The van der Waals surface area contributed by atoms with Gasteiger partial charge in [-0.25, -0.2) is 5.43 Å². The maximum atomic E-state index is 12.3. The number of nitrogens with two attached hydrogens (primary N) is 1. The number of nitrogen functional groups attached to an aromatic ring is 1. The third kappa shape index (κ3) is 5.43. The normalized spacial score (nSPS) is 10.8. The van der Waals surface area contributed by atoms with Crippen LogP contribution in [0.15, 0.2) is 80.8 Å². The highest BCUT2D eigenvalue weighted by Gasteiger charge is 2.12. The number of rotatable bonds is 6. The molecule has 3 aromatic rings. The van der Waals surface area contributed by atoms with Gasteiger partial charge >= 0.3 is 0 Å². The van der Waals surface area contributed by atoms with Crippen LogP contribution in [0, 0.1) is 0 Å². The van der Waals surface area contributed by atoms with Gasteiger partial charge in [0.25, 0.3) is 5.91 Å². The standard InChI is InChI=1S/C21H17Br2N3O2/c22-16-10-18(20(24)19(23)11-16)21(27)26-25-12-14-6-8-17(9-7-14)28-13-15-4-2-1-3-5-15/h1-12H,13,24H2,(H,26,27)/b25-12-. The van der Waals surface area contributed by atoms with E-state index in [9.17, 15) is 4.79 Å². The fourth-order valence-electron chi connectivity index (χ4n) is 2.39. The van der Waals surface area contributed by atoms with Crippen molar-refractivity contribution in [3.8, 4) is 5.75 Å². The summed E-state index contributed by atoms with van der Waals surface area (Å²) in [5.74, 6) is 0.371. The first-order chi connectivity index (χ1) is 13.5. The number of ether oxygens (including phenoxy) is 1. The number of carbonyl (C=O) groups excluding carboxylic acids is 1. The summed E-state index contributed by atoms with van der Waals surface area (Å²) < 4.78 is 7.13. The lowest BCUT2D eigenvalue weighted by Gasteiger charge is -2.07. The van der Waals surface area contributed by atoms with Gasteiger partial charge in [-0.1, -0.05) is 46.3 Å². The molecule has 0 atom stereocenters. The van der Waals surface area contributed by atoms with Crippen molar-refractivity contribution < 1.29 is 9.53 Å². The van der Waals surface area contributed by atoms with Gasteiger partial charge in [0.05, 0.1) is 17.5 Å². The van der Waals surface area contributed by atoms with Gasteiger partial charge in [-0.15, -0.1) is 0 Å². The fourth-order valence-corrected chi connectivity index (χ4v) is 3.61. The van der Waals surface area contributed by atoms with Gasteiger partial charge in [0, 0.05) is 8.95 Å². The number of hydrazone groups is 1. The van der Waals surface area contributed by atoms with Crippen molar-refractivity contribution in [3.05, 3.63) is 92.4 Å². The van der Waals surface area contributed by atoms with Crippen molar-refractivity contribution in [2.45, 2.75) is 6.61 Å². The van der Waals surface area contributed by atoms with Gasteiger partial charge in [-0.3, -0.25) is 4.79 Å². The van der Waals surface area contributed by atoms with E-state index in [0.29, 0.717) is 22.3 Å². The van der Waals surface area contributed by atoms with Crippen LogP contribution in [0.1, 0.15) is 21.5 Å². The summed E-state index contributed by atoms with van der Waals surface area (Å²) in [6.07, 6.45) is 1.56. The molecule has 1 amide bonds. The zero-order valence-corrected chi connectivity index (χ0v) is 17.9. The van der Waals surface area contributed by atoms with Crippen LogP contribution in [0.5, 0.6) is 5.75 Å². The third-order valence-corrected chi connectivity index (χ3v) is 4.96. The molecule has 0 spiro atoms. The Morgan fingerprint density at radius 1 is 1.07 bits per heavy atom. The summed E-state index contributed by atoms with van der Waals surface area (Å²) in [6.45, 7) is 0.508. The van der Waals surface area contributed by atoms with E-state index < -0.39 is 5.91 Å². The van der Waals surface area contributed by atoms with Crippen LogP contribution in [-0.2, 0) is 6.61 Å². The summed E-state index contributed by atoms with van der Waals surface area (Å²) in [6, 6.07) is 20.8. The highest BCUT2D eigenvalue weighted by atomic mass is 79.9. The van der Waals surface area contributed by atoms with Crippen LogP contribution in [0.4, 0.5) is 5.69 Å². The molecule has 0 aliphatic rings. The summed E-state index contributed by atoms with van der Waals surface area (Å²) in [5, 5.41) is 3.99. The highest BCUT2D eigenvalue weighted by molar-refractivity contribution is 9.11. The smallest absolute Gasteiger partial charge is 0.273 e. The summed E-state index contributed by atoms with van der Waals surface area (Å²) in [4.78, 5) is 12.3. The Morgan fingerprint density at radius 2 is 1.79 bits per heavy atom. The second-order valence-corrected chi connectivity index (χ2v) is 7.66. The van der Waals surface area contributed by atoms with Crippen molar-refractivity contribution in [2.75, 3.05) is 5.73 Å². The van der Waals surface area contributed by atoms with E-state index in [0.717, 1.165) is 21.3 Å². The molecule has 0 saturated heterocycles. The van der Waals surface area contributed by atoms with E-state index in [4.69, 9.17) is 10.5 Å². The second-order valence-electron chi connectivity index (χ2n) is 5.89. The van der Waals surface area contributed by atoms with Gasteiger partial charge in [0.1, 0.15) is 12.4 Å². The lowest BCUT2D eigenvalue weighted by atomic mass is 10.2. The van der Waals surface area contributed by atoms with E-state index in [2.05, 4.69) is 42.4 Å². The number of nitrogens with one attached hydrogen (secondary N) is 1. The number of hydrogen-bond donors (Lipinski definition) is 2. The number of carbonyl (C=O) groups is 1. The minimum absolute atomic E-state index is 0.336. The van der Waals surface area contributed by atoms with Gasteiger partial charge in [0.15, 0.2) is 0 Å². The molecule has 5 nitrogen and oxygen atoms in total. The highest BCUT2D eigenvalue weighted by Crippen LogP contribution is 2.28. The fraction of sp³-hybridized carbons (Fsp3) is 0.0476. The summed E-state index contributed by atoms with van der Waals surface area (Å²) in [7, 11) is 0. The van der Waals surface area contributed by atoms with E-state index in [1.165, 1.54) is 0 Å². The molecule has 0 fully saturated rings. The number of nitrogens with zero attached hydrogens (tertiary/aromatic N) is 1. The molecule has 0 aromatic heterocycles. The van der Waals surface area contributed by atoms with Crippen molar-refractivity contribution in [1.82, 2.24) is 5.43 Å². The van der Waals surface area contributed by atoms with Crippen LogP contribution in [0.3, 0.4) is 0 Å². The van der Waals surface area contributed by atoms with Crippen LogP contribution in [0.25, 0.3) is 0 Å². The Hall–Kier alpha value is -2.64. The van der Waals surface area contributed by atoms with E-state index in [-0.39, 0.29) is 0 Å². The Morgan fingerprint density at radius 3 is 2.50 bits per heavy atom. The quantitative estimate of drug-likeness (QED) is 0.278.